The minimum Gasteiger partial charge on any atom is -0.353 e. The monoisotopic (exact) mass is 380 g/mol. The molecule has 0 saturated heterocycles. The molecule has 14 heteroatoms. The van der Waals surface area contributed by atoms with Crippen LogP contribution in [0, 0.1) is 46.4 Å². The van der Waals surface area contributed by atoms with Crippen molar-refractivity contribution >= 4 is 0 Å². The summed E-state index contributed by atoms with van der Waals surface area (Å²) in [6.07, 6.45) is -0.757. The topological polar surface area (TPSA) is 191 Å². The molecule has 0 aliphatic heterocycles. The third-order valence-corrected chi connectivity index (χ3v) is 4.33. The zero-order valence-corrected chi connectivity index (χ0v) is 14.3. The molecule has 1 aliphatic carbocycles. The van der Waals surface area contributed by atoms with E-state index in [9.17, 15) is 40.5 Å². The summed E-state index contributed by atoms with van der Waals surface area (Å²) in [5.41, 5.74) is -4.76. The van der Waals surface area contributed by atoms with Gasteiger partial charge < -0.3 is 9.47 Å². The number of hydrogen-bond acceptors (Lipinski definition) is 10. The van der Waals surface area contributed by atoms with Gasteiger partial charge >= 0.3 is 11.3 Å². The molecule has 148 valence electrons. The average molecular weight is 380 g/mol. The fourth-order valence-electron chi connectivity index (χ4n) is 2.33. The number of hydrogen-bond donors (Lipinski definition) is 0. The Morgan fingerprint density at radius 1 is 0.962 bits per heavy atom. The summed E-state index contributed by atoms with van der Waals surface area (Å²) in [7, 11) is 0. The molecule has 1 aliphatic rings. The van der Waals surface area contributed by atoms with Crippen LogP contribution >= 0.6 is 0 Å². The molecule has 0 aromatic rings. The van der Waals surface area contributed by atoms with Crippen LogP contribution in [0.1, 0.15) is 39.5 Å². The molecule has 1 rings (SSSR count). The fraction of sp³-hybridized carbons (Fsp3) is 1.00. The zero-order chi connectivity index (χ0) is 20.1. The van der Waals surface area contributed by atoms with Crippen LogP contribution in [0.15, 0.2) is 0 Å². The summed E-state index contributed by atoms with van der Waals surface area (Å²) in [5.74, 6) is -0.708. The van der Waals surface area contributed by atoms with Gasteiger partial charge in [0.05, 0.1) is 29.8 Å². The van der Waals surface area contributed by atoms with Crippen LogP contribution in [0.5, 0.6) is 0 Å². The molecule has 1 atom stereocenters. The molecule has 14 nitrogen and oxygen atoms in total. The molecular weight excluding hydrogens is 360 g/mol. The second-order valence-electron chi connectivity index (χ2n) is 6.25. The Hall–Kier alpha value is -2.48. The van der Waals surface area contributed by atoms with Crippen molar-refractivity contribution in [2.45, 2.75) is 57.1 Å². The van der Waals surface area contributed by atoms with Gasteiger partial charge in [-0.25, -0.2) is 0 Å². The molecule has 1 saturated carbocycles. The summed E-state index contributed by atoms with van der Waals surface area (Å²) >= 11 is 0. The number of rotatable bonds is 13. The first-order valence-electron chi connectivity index (χ1n) is 7.79. The molecule has 0 heterocycles. The van der Waals surface area contributed by atoms with Crippen molar-refractivity contribution in [1.29, 1.82) is 0 Å². The number of ether oxygens (including phenoxy) is 2. The summed E-state index contributed by atoms with van der Waals surface area (Å²) in [6, 6.07) is 0. The molecule has 1 fully saturated rings. The van der Waals surface area contributed by atoms with Crippen molar-refractivity contribution in [2.24, 2.45) is 5.92 Å². The first kappa shape index (κ1) is 21.6. The van der Waals surface area contributed by atoms with E-state index in [1.54, 1.807) is 0 Å². The lowest BCUT2D eigenvalue weighted by Gasteiger charge is -2.20. The van der Waals surface area contributed by atoms with Crippen molar-refractivity contribution < 1.29 is 29.2 Å². The maximum Gasteiger partial charge on any atom is 0.483 e. The highest BCUT2D eigenvalue weighted by molar-refractivity contribution is 4.88. The maximum atomic E-state index is 11.2. The highest BCUT2D eigenvalue weighted by Crippen LogP contribution is 2.42. The molecule has 0 N–H and O–H groups in total. The molecule has 0 aromatic carbocycles. The van der Waals surface area contributed by atoms with Gasteiger partial charge in [0.2, 0.25) is 0 Å². The molecule has 1 unspecified atom stereocenters. The van der Waals surface area contributed by atoms with Gasteiger partial charge in [-0.2, -0.15) is 0 Å². The Morgan fingerprint density at radius 3 is 1.85 bits per heavy atom. The standard InChI is InChI=1S/C12H20N4O10/c1-9(25-7-3-6-11(2,13(17)18)14(19)20)26-8-12(15(21)22,16(23)24)10-4-5-10/h9-10H,3-8H2,1-2H3. The number of nitro groups is 4. The van der Waals surface area contributed by atoms with Crippen LogP contribution < -0.4 is 0 Å². The lowest BCUT2D eigenvalue weighted by Crippen LogP contribution is -2.53. The van der Waals surface area contributed by atoms with E-state index in [-0.39, 0.29) is 13.0 Å². The highest BCUT2D eigenvalue weighted by Gasteiger charge is 2.67. The van der Waals surface area contributed by atoms with Gasteiger partial charge in [0.25, 0.3) is 0 Å². The van der Waals surface area contributed by atoms with Crippen LogP contribution in [0.4, 0.5) is 0 Å². The van der Waals surface area contributed by atoms with E-state index in [0.29, 0.717) is 12.8 Å². The first-order valence-corrected chi connectivity index (χ1v) is 7.79. The van der Waals surface area contributed by atoms with E-state index in [1.165, 1.54) is 6.92 Å². The Kier molecular flexibility index (Phi) is 6.86. The summed E-state index contributed by atoms with van der Waals surface area (Å²) in [6.45, 7) is 1.31. The predicted molar refractivity (Wildman–Crippen MR) is 82.4 cm³/mol. The van der Waals surface area contributed by atoms with Crippen molar-refractivity contribution in [2.75, 3.05) is 13.2 Å². The Balaban J connectivity index is 2.48. The van der Waals surface area contributed by atoms with E-state index in [0.717, 1.165) is 6.92 Å². The third-order valence-electron chi connectivity index (χ3n) is 4.33. The van der Waals surface area contributed by atoms with Crippen LogP contribution in [0.3, 0.4) is 0 Å². The normalized spacial score (nSPS) is 16.1. The quantitative estimate of drug-likeness (QED) is 0.193. The fourth-order valence-corrected chi connectivity index (χ4v) is 2.33. The van der Waals surface area contributed by atoms with Crippen molar-refractivity contribution in [1.82, 2.24) is 0 Å². The van der Waals surface area contributed by atoms with Crippen molar-refractivity contribution in [3.63, 3.8) is 0 Å². The lowest BCUT2D eigenvalue weighted by atomic mass is 10.1. The number of nitrogens with zero attached hydrogens (tertiary/aromatic N) is 4. The molecular formula is C12H20N4O10. The van der Waals surface area contributed by atoms with Gasteiger partial charge in [0.15, 0.2) is 12.9 Å². The molecule has 0 aromatic heterocycles. The summed E-state index contributed by atoms with van der Waals surface area (Å²) in [4.78, 5) is 40.0. The third kappa shape index (κ3) is 4.57. The predicted octanol–water partition coefficient (Wildman–Crippen LogP) is 1.08. The molecule has 26 heavy (non-hydrogen) atoms. The average Bonchev–Trinajstić information content (AvgIpc) is 3.36. The van der Waals surface area contributed by atoms with Gasteiger partial charge in [-0.15, -0.1) is 0 Å². The molecule has 0 bridgehead atoms. The Bertz CT molecular complexity index is 550. The zero-order valence-electron chi connectivity index (χ0n) is 14.3. The van der Waals surface area contributed by atoms with Gasteiger partial charge in [0, 0.05) is 0 Å². The molecule has 0 spiro atoms. The van der Waals surface area contributed by atoms with E-state index >= 15 is 0 Å². The minimum absolute atomic E-state index is 0.0373. The Morgan fingerprint density at radius 2 is 1.46 bits per heavy atom. The van der Waals surface area contributed by atoms with Gasteiger partial charge in [-0.05, 0) is 26.2 Å². The van der Waals surface area contributed by atoms with Gasteiger partial charge in [-0.1, -0.05) is 0 Å². The maximum absolute atomic E-state index is 11.2. The van der Waals surface area contributed by atoms with Gasteiger partial charge in [-0.3, -0.25) is 40.5 Å². The van der Waals surface area contributed by atoms with Crippen LogP contribution in [0.2, 0.25) is 0 Å². The van der Waals surface area contributed by atoms with E-state index in [4.69, 9.17) is 9.47 Å². The SMILES string of the molecule is CC(OCCCC(C)([N+](=O)[O-])[N+](=O)[O-])OCC(C1CC1)([N+](=O)[O-])[N+](=O)[O-]. The second kappa shape index (κ2) is 8.27. The molecule has 0 amide bonds. The van der Waals surface area contributed by atoms with E-state index < -0.39 is 56.3 Å². The highest BCUT2D eigenvalue weighted by atomic mass is 16.7. The first-order chi connectivity index (χ1) is 12.0. The largest absolute Gasteiger partial charge is 0.483 e. The van der Waals surface area contributed by atoms with E-state index in [2.05, 4.69) is 0 Å². The second-order valence-corrected chi connectivity index (χ2v) is 6.25. The smallest absolute Gasteiger partial charge is 0.353 e. The van der Waals surface area contributed by atoms with E-state index in [1.807, 2.05) is 0 Å². The van der Waals surface area contributed by atoms with Crippen LogP contribution in [0.25, 0.3) is 0 Å². The summed E-state index contributed by atoms with van der Waals surface area (Å²) in [5, 5.41) is 43.9. The Labute approximate surface area is 147 Å². The minimum atomic E-state index is -2.42. The summed E-state index contributed by atoms with van der Waals surface area (Å²) < 4.78 is 10.2. The van der Waals surface area contributed by atoms with Crippen molar-refractivity contribution in [3.05, 3.63) is 40.5 Å². The van der Waals surface area contributed by atoms with Crippen LogP contribution in [-0.4, -0.2) is 50.5 Å². The van der Waals surface area contributed by atoms with Crippen molar-refractivity contribution in [3.8, 4) is 0 Å². The molecule has 0 radical (unpaired) electrons. The lowest BCUT2D eigenvalue weighted by molar-refractivity contribution is -0.805. The van der Waals surface area contributed by atoms with Crippen LogP contribution in [-0.2, 0) is 9.47 Å². The van der Waals surface area contributed by atoms with Gasteiger partial charge in [0.1, 0.15) is 15.8 Å².